The minimum absolute atomic E-state index is 0.0551. The Morgan fingerprint density at radius 1 is 1.02 bits per heavy atom. The van der Waals surface area contributed by atoms with Crippen molar-refractivity contribution in [2.24, 2.45) is 0 Å². The van der Waals surface area contributed by atoms with Gasteiger partial charge >= 0.3 is 5.91 Å². The smallest absolute Gasteiger partial charge is 0.352 e. The van der Waals surface area contributed by atoms with Crippen LogP contribution in [0, 0.1) is 0 Å². The van der Waals surface area contributed by atoms with E-state index < -0.39 is 17.4 Å². The molecule has 3 aliphatic heterocycles. The lowest BCUT2D eigenvalue weighted by molar-refractivity contribution is -0.784. The highest BCUT2D eigenvalue weighted by atomic mass is 16.5. The Morgan fingerprint density at radius 2 is 1.79 bits per heavy atom. The van der Waals surface area contributed by atoms with Gasteiger partial charge in [0, 0.05) is 30.8 Å². The molecule has 0 aromatic heterocycles. The highest BCUT2D eigenvalue weighted by Gasteiger charge is 2.71. The molecule has 0 saturated carbocycles. The molecule has 9 nitrogen and oxygen atoms in total. The van der Waals surface area contributed by atoms with Gasteiger partial charge < -0.3 is 29.7 Å². The number of rotatable bonds is 6. The summed E-state index contributed by atoms with van der Waals surface area (Å²) in [6.45, 7) is 0. The predicted molar refractivity (Wildman–Crippen MR) is 160 cm³/mol. The first-order chi connectivity index (χ1) is 20.7. The molecule has 6 rings (SSSR count). The van der Waals surface area contributed by atoms with Crippen molar-refractivity contribution in [3.63, 3.8) is 0 Å². The summed E-state index contributed by atoms with van der Waals surface area (Å²) < 4.78 is 10.2. The molecule has 3 aliphatic rings. The van der Waals surface area contributed by atoms with E-state index in [2.05, 4.69) is 0 Å². The summed E-state index contributed by atoms with van der Waals surface area (Å²) in [4.78, 5) is 30.3. The second kappa shape index (κ2) is 10.2. The number of carbonyl (C=O) groups excluding carboxylic acids is 2. The number of hydrogen-bond donors (Lipinski definition) is 3. The number of phenols is 2. The Hall–Kier alpha value is -5.28. The number of methoxy groups -OCH3 is 2. The third-order valence-corrected chi connectivity index (χ3v) is 8.66. The van der Waals surface area contributed by atoms with Crippen molar-refractivity contribution in [2.75, 3.05) is 26.2 Å². The molecule has 0 aliphatic carbocycles. The molecule has 3 aromatic rings. The number of allylic oxidation sites excluding steroid dienone is 4. The number of quaternary nitrogens is 1. The van der Waals surface area contributed by atoms with Gasteiger partial charge in [0.15, 0.2) is 29.0 Å². The molecule has 43 heavy (non-hydrogen) atoms. The van der Waals surface area contributed by atoms with Crippen LogP contribution < -0.4 is 14.4 Å². The fraction of sp³-hybridized carbons (Fsp3) is 0.176. The van der Waals surface area contributed by atoms with Gasteiger partial charge in [-0.3, -0.25) is 4.79 Å². The van der Waals surface area contributed by atoms with Crippen molar-refractivity contribution in [2.45, 2.75) is 17.9 Å². The minimum Gasteiger partial charge on any atom is -0.508 e. The number of carbonyl (C=O) groups is 2. The van der Waals surface area contributed by atoms with Gasteiger partial charge in [0.05, 0.1) is 20.3 Å². The van der Waals surface area contributed by atoms with E-state index in [0.717, 1.165) is 17.3 Å². The number of aliphatic hydroxyl groups excluding tert-OH is 1. The molecule has 3 unspecified atom stereocenters. The lowest BCUT2D eigenvalue weighted by Crippen LogP contribution is -2.51. The monoisotopic (exact) mass is 579 g/mol. The predicted octanol–water partition coefficient (Wildman–Crippen LogP) is 5.38. The fourth-order valence-electron chi connectivity index (χ4n) is 6.78. The van der Waals surface area contributed by atoms with Crippen LogP contribution in [-0.4, -0.2) is 52.9 Å². The molecule has 3 N–H and O–H groups in total. The van der Waals surface area contributed by atoms with E-state index in [9.17, 15) is 24.9 Å². The number of likely N-dealkylation sites (N-methyl/N-ethyl adjacent to an activating group) is 1. The summed E-state index contributed by atoms with van der Waals surface area (Å²) >= 11 is 0. The third-order valence-electron chi connectivity index (χ3n) is 8.66. The largest absolute Gasteiger partial charge is 0.508 e. The molecular formula is C34H31N2O7+. The maximum atomic E-state index is 14.4. The zero-order chi connectivity index (χ0) is 30.5. The van der Waals surface area contributed by atoms with Gasteiger partial charge in [-0.05, 0) is 59.7 Å². The number of ether oxygens (including phenoxy) is 2. The summed E-state index contributed by atoms with van der Waals surface area (Å²) in [5, 5.41) is 31.4. The average Bonchev–Trinajstić information content (AvgIpc) is 3.61. The lowest BCUT2D eigenvalue weighted by Gasteiger charge is -2.37. The number of aromatic hydroxyl groups is 2. The van der Waals surface area contributed by atoms with Crippen LogP contribution in [0.3, 0.4) is 0 Å². The van der Waals surface area contributed by atoms with Gasteiger partial charge in [0.2, 0.25) is 5.91 Å². The Bertz CT molecular complexity index is 1790. The van der Waals surface area contributed by atoms with Crippen LogP contribution >= 0.6 is 0 Å². The number of phenolic OH excluding ortho intramolecular Hbond substituents is 2. The molecule has 2 amide bonds. The molecule has 3 heterocycles. The molecule has 3 atom stereocenters. The first kappa shape index (κ1) is 27.9. The fourth-order valence-corrected chi connectivity index (χ4v) is 6.78. The molecule has 0 bridgehead atoms. The molecular weight excluding hydrogens is 548 g/mol. The normalized spacial score (nSPS) is 24.0. The van der Waals surface area contributed by atoms with E-state index in [1.54, 1.807) is 54.6 Å². The highest BCUT2D eigenvalue weighted by Crippen LogP contribution is 2.64. The summed E-state index contributed by atoms with van der Waals surface area (Å²) in [6.07, 6.45) is 9.76. The molecule has 1 saturated heterocycles. The number of fused-ring (bicyclic) bond motifs is 3. The van der Waals surface area contributed by atoms with Crippen molar-refractivity contribution < 1.29 is 38.9 Å². The second-order valence-electron chi connectivity index (χ2n) is 10.8. The molecule has 1 fully saturated rings. The van der Waals surface area contributed by atoms with Gasteiger partial charge in [0.1, 0.15) is 23.1 Å². The van der Waals surface area contributed by atoms with Crippen LogP contribution in [0.25, 0.3) is 6.08 Å². The van der Waals surface area contributed by atoms with Gasteiger partial charge in [-0.2, -0.15) is 4.48 Å². The Kier molecular flexibility index (Phi) is 6.62. The van der Waals surface area contributed by atoms with Crippen LogP contribution in [0.15, 0.2) is 103 Å². The minimum atomic E-state index is -1.14. The van der Waals surface area contributed by atoms with Gasteiger partial charge in [-0.15, -0.1) is 0 Å². The summed E-state index contributed by atoms with van der Waals surface area (Å²) in [6, 6.07) is 16.5. The first-order valence-corrected chi connectivity index (χ1v) is 13.7. The van der Waals surface area contributed by atoms with Crippen molar-refractivity contribution in [3.8, 4) is 23.0 Å². The number of para-hydroxylation sites is 1. The quantitative estimate of drug-likeness (QED) is 0.155. The number of nitrogens with zero attached hydrogens (tertiary/aromatic N) is 2. The Labute approximate surface area is 248 Å². The summed E-state index contributed by atoms with van der Waals surface area (Å²) in [5.41, 5.74) is 2.34. The number of amides is 2. The maximum absolute atomic E-state index is 14.4. The standard InChI is InChI=1S/C34H30N2O7/c1-35-26-9-5-4-8-25(26)34(33(35)41)20-23-7-6-16-36(23,32(34)22-12-14-27(38)30(18-22)43-3)31(40)19-24(37)13-10-21-11-15-29(42-2)28(39)17-21/h4-19,32H,20H2,1-3H3,(H2-,37,38,39,40)/p+1/b13-10+. The van der Waals surface area contributed by atoms with E-state index >= 15 is 0 Å². The van der Waals surface area contributed by atoms with Gasteiger partial charge in [0.25, 0.3) is 0 Å². The van der Waals surface area contributed by atoms with E-state index in [1.807, 2.05) is 30.3 Å². The zero-order valence-corrected chi connectivity index (χ0v) is 23.9. The number of anilines is 1. The summed E-state index contributed by atoms with van der Waals surface area (Å²) in [5.74, 6) is -0.482. The Morgan fingerprint density at radius 3 is 2.53 bits per heavy atom. The number of aliphatic hydroxyl groups is 1. The zero-order valence-electron chi connectivity index (χ0n) is 23.9. The van der Waals surface area contributed by atoms with Crippen LogP contribution in [0.5, 0.6) is 23.0 Å². The van der Waals surface area contributed by atoms with E-state index in [4.69, 9.17) is 9.47 Å². The van der Waals surface area contributed by atoms with E-state index in [1.165, 1.54) is 32.4 Å². The van der Waals surface area contributed by atoms with E-state index in [0.29, 0.717) is 22.6 Å². The van der Waals surface area contributed by atoms with Crippen LogP contribution in [0.4, 0.5) is 5.69 Å². The van der Waals surface area contributed by atoms with Crippen LogP contribution in [-0.2, 0) is 15.0 Å². The highest BCUT2D eigenvalue weighted by molar-refractivity contribution is 6.09. The lowest BCUT2D eigenvalue weighted by atomic mass is 9.71. The van der Waals surface area contributed by atoms with Crippen molar-refractivity contribution >= 4 is 23.6 Å². The number of benzene rings is 3. The van der Waals surface area contributed by atoms with Crippen LogP contribution in [0.1, 0.15) is 29.2 Å². The molecule has 1 spiro atoms. The van der Waals surface area contributed by atoms with Gasteiger partial charge in [-0.25, -0.2) is 4.79 Å². The molecule has 0 radical (unpaired) electrons. The third kappa shape index (κ3) is 4.04. The van der Waals surface area contributed by atoms with Crippen molar-refractivity contribution in [1.82, 2.24) is 0 Å². The average molecular weight is 580 g/mol. The molecule has 218 valence electrons. The molecule has 9 heteroatoms. The topological polar surface area (TPSA) is 117 Å². The SMILES string of the molecule is COc1ccc(/C=C/C(O)=C/C(=O)[N+]23C=CC=C2CC2(C(=O)N(C)c4ccccc42)C3c2ccc(O)c(OC)c2)cc1O. The van der Waals surface area contributed by atoms with Crippen molar-refractivity contribution in [3.05, 3.63) is 119 Å². The van der Waals surface area contributed by atoms with Gasteiger partial charge in [-0.1, -0.05) is 30.3 Å². The maximum Gasteiger partial charge on any atom is 0.352 e. The van der Waals surface area contributed by atoms with Crippen LogP contribution in [0.2, 0.25) is 0 Å². The van der Waals surface area contributed by atoms with Crippen molar-refractivity contribution in [1.29, 1.82) is 0 Å². The summed E-state index contributed by atoms with van der Waals surface area (Å²) in [7, 11) is 4.63. The first-order valence-electron chi connectivity index (χ1n) is 13.7. The second-order valence-corrected chi connectivity index (χ2v) is 10.8. The number of hydrogen-bond acceptors (Lipinski definition) is 7. The molecule has 3 aromatic carbocycles. The Balaban J connectivity index is 1.49. The van der Waals surface area contributed by atoms with E-state index in [-0.39, 0.29) is 39.8 Å².